The number of sulfone groups is 1. The molecule has 9 heteroatoms. The van der Waals surface area contributed by atoms with Crippen molar-refractivity contribution in [2.75, 3.05) is 13.2 Å². The lowest BCUT2D eigenvalue weighted by Gasteiger charge is -2.03. The number of hydrogen-bond donors (Lipinski definition) is 2. The summed E-state index contributed by atoms with van der Waals surface area (Å²) in [6, 6.07) is 16.9. The molecule has 2 rings (SSSR count). The minimum Gasteiger partial charge on any atom is -0.450 e. The molecule has 8 nitrogen and oxygen atoms in total. The summed E-state index contributed by atoms with van der Waals surface area (Å²) in [4.78, 5) is 19.6. The van der Waals surface area contributed by atoms with E-state index >= 15 is 0 Å². The number of ether oxygens (including phenoxy) is 2. The quantitative estimate of drug-likeness (QED) is 0.522. The third-order valence-corrected chi connectivity index (χ3v) is 4.54. The Kier molecular flexibility index (Phi) is 12.7. The Morgan fingerprint density at radius 2 is 1.07 bits per heavy atom. The van der Waals surface area contributed by atoms with E-state index in [9.17, 15) is 18.0 Å². The molecule has 0 aliphatic carbocycles. The zero-order valence-corrected chi connectivity index (χ0v) is 16.3. The van der Waals surface area contributed by atoms with Gasteiger partial charge >= 0.3 is 12.3 Å². The van der Waals surface area contributed by atoms with Gasteiger partial charge in [-0.05, 0) is 24.3 Å². The summed E-state index contributed by atoms with van der Waals surface area (Å²) < 4.78 is 32.0. The molecule has 0 aliphatic rings. The van der Waals surface area contributed by atoms with Gasteiger partial charge in [-0.3, -0.25) is 0 Å². The fraction of sp³-hybridized carbons (Fsp3) is 0.100. The topological polar surface area (TPSA) is 127 Å². The van der Waals surface area contributed by atoms with Gasteiger partial charge in [-0.25, -0.2) is 18.0 Å². The Morgan fingerprint density at radius 3 is 1.28 bits per heavy atom. The molecule has 0 unspecified atom stereocenters. The molecule has 0 heterocycles. The van der Waals surface area contributed by atoms with Gasteiger partial charge in [0.25, 0.3) is 0 Å². The van der Waals surface area contributed by atoms with Crippen LogP contribution < -0.4 is 0 Å². The summed E-state index contributed by atoms with van der Waals surface area (Å²) >= 11 is 0. The smallest absolute Gasteiger partial charge is 0.450 e. The maximum atomic E-state index is 12.0. The summed E-state index contributed by atoms with van der Waals surface area (Å²) in [5.41, 5.74) is 0. The van der Waals surface area contributed by atoms with Gasteiger partial charge in [0, 0.05) is 0 Å². The zero-order valence-electron chi connectivity index (χ0n) is 15.5. The van der Waals surface area contributed by atoms with Crippen LogP contribution in [0.3, 0.4) is 0 Å². The predicted molar refractivity (Wildman–Crippen MR) is 107 cm³/mol. The van der Waals surface area contributed by atoms with Gasteiger partial charge in [0.1, 0.15) is 13.2 Å². The van der Waals surface area contributed by atoms with Crippen LogP contribution in [0.15, 0.2) is 95.8 Å². The summed E-state index contributed by atoms with van der Waals surface area (Å²) in [5.74, 6) is 0. The molecule has 156 valence electrons. The summed E-state index contributed by atoms with van der Waals surface area (Å²) in [7, 11) is -3.34. The number of hydrogen-bond acceptors (Lipinski definition) is 6. The first-order valence-electron chi connectivity index (χ1n) is 8.04. The fourth-order valence-electron chi connectivity index (χ4n) is 1.60. The average molecular weight is 422 g/mol. The molecule has 0 spiro atoms. The largest absolute Gasteiger partial charge is 0.506 e. The first-order valence-corrected chi connectivity index (χ1v) is 9.52. The van der Waals surface area contributed by atoms with Crippen LogP contribution in [0.4, 0.5) is 9.59 Å². The van der Waals surface area contributed by atoms with Crippen LogP contribution in [-0.2, 0) is 19.3 Å². The van der Waals surface area contributed by atoms with Crippen molar-refractivity contribution in [3.63, 3.8) is 0 Å². The Balaban J connectivity index is 0.000000473. The highest BCUT2D eigenvalue weighted by Gasteiger charge is 2.15. The molecule has 2 aromatic rings. The standard InChI is InChI=1S/C12H10O2S.2C4H6O3/c13-15(14,11-7-3-1-4-8-11)12-9-5-2-6-10-12;2*1-2-3-7-4(5)6/h1-10H;2*2H,1,3H2,(H,5,6). The van der Waals surface area contributed by atoms with Gasteiger partial charge in [-0.15, -0.1) is 0 Å². The summed E-state index contributed by atoms with van der Waals surface area (Å²) in [5, 5.41) is 15.5. The van der Waals surface area contributed by atoms with Gasteiger partial charge < -0.3 is 19.7 Å². The minimum absolute atomic E-state index is 0.0648. The maximum Gasteiger partial charge on any atom is 0.506 e. The summed E-state index contributed by atoms with van der Waals surface area (Å²) in [6.45, 7) is 6.62. The van der Waals surface area contributed by atoms with E-state index in [0.717, 1.165) is 0 Å². The van der Waals surface area contributed by atoms with Crippen LogP contribution in [0.2, 0.25) is 0 Å². The van der Waals surface area contributed by atoms with Gasteiger partial charge in [-0.1, -0.05) is 61.7 Å². The number of benzene rings is 2. The van der Waals surface area contributed by atoms with Crippen molar-refractivity contribution in [2.24, 2.45) is 0 Å². The van der Waals surface area contributed by atoms with Crippen molar-refractivity contribution in [1.29, 1.82) is 0 Å². The van der Waals surface area contributed by atoms with E-state index in [1.54, 1.807) is 60.7 Å². The third kappa shape index (κ3) is 11.7. The molecular weight excluding hydrogens is 400 g/mol. The van der Waals surface area contributed by atoms with Crippen LogP contribution in [0, 0.1) is 0 Å². The maximum absolute atomic E-state index is 12.0. The molecule has 0 saturated heterocycles. The lowest BCUT2D eigenvalue weighted by Crippen LogP contribution is -2.00. The number of rotatable bonds is 6. The van der Waals surface area contributed by atoms with Crippen molar-refractivity contribution < 1.29 is 37.7 Å². The first-order chi connectivity index (χ1) is 13.8. The van der Waals surface area contributed by atoms with Crippen LogP contribution in [0.25, 0.3) is 0 Å². The van der Waals surface area contributed by atoms with Crippen molar-refractivity contribution >= 4 is 22.1 Å². The average Bonchev–Trinajstić information content (AvgIpc) is 2.73. The van der Waals surface area contributed by atoms with Gasteiger partial charge in [0.15, 0.2) is 0 Å². The van der Waals surface area contributed by atoms with Crippen molar-refractivity contribution in [3.05, 3.63) is 86.0 Å². The van der Waals surface area contributed by atoms with Gasteiger partial charge in [0.2, 0.25) is 9.84 Å². The van der Waals surface area contributed by atoms with Crippen LogP contribution in [-0.4, -0.2) is 44.2 Å². The predicted octanol–water partition coefficient (Wildman–Crippen LogP) is 4.25. The van der Waals surface area contributed by atoms with Crippen molar-refractivity contribution in [2.45, 2.75) is 9.79 Å². The van der Waals surface area contributed by atoms with Crippen LogP contribution in [0.1, 0.15) is 0 Å². The molecular formula is C20H22O8S. The minimum atomic E-state index is -3.34. The van der Waals surface area contributed by atoms with Gasteiger partial charge in [-0.2, -0.15) is 0 Å². The van der Waals surface area contributed by atoms with E-state index in [1.807, 2.05) is 0 Å². The molecule has 29 heavy (non-hydrogen) atoms. The molecule has 0 radical (unpaired) electrons. The Bertz CT molecular complexity index is 794. The van der Waals surface area contributed by atoms with E-state index in [1.165, 1.54) is 12.2 Å². The second-order valence-corrected chi connectivity index (χ2v) is 6.81. The molecule has 0 bridgehead atoms. The molecule has 0 aromatic heterocycles. The summed E-state index contributed by atoms with van der Waals surface area (Å²) in [6.07, 6.45) is 0.210. The Morgan fingerprint density at radius 1 is 0.759 bits per heavy atom. The van der Waals surface area contributed by atoms with E-state index in [-0.39, 0.29) is 13.2 Å². The number of carboxylic acid groups (broad SMARTS) is 2. The molecule has 2 N–H and O–H groups in total. The van der Waals surface area contributed by atoms with E-state index < -0.39 is 22.1 Å². The highest BCUT2D eigenvalue weighted by Crippen LogP contribution is 2.19. The second kappa shape index (κ2) is 14.5. The number of carbonyl (C=O) groups is 2. The lowest BCUT2D eigenvalue weighted by atomic mass is 10.4. The molecule has 0 atom stereocenters. The van der Waals surface area contributed by atoms with E-state index in [0.29, 0.717) is 9.79 Å². The highest BCUT2D eigenvalue weighted by atomic mass is 32.2. The third-order valence-electron chi connectivity index (χ3n) is 2.76. The van der Waals surface area contributed by atoms with Crippen molar-refractivity contribution in [3.8, 4) is 0 Å². The molecule has 2 aromatic carbocycles. The Labute approximate surface area is 169 Å². The fourth-order valence-corrected chi connectivity index (χ4v) is 2.90. The zero-order chi connectivity index (χ0) is 22.1. The SMILES string of the molecule is C=CCOC(=O)O.C=CCOC(=O)O.O=S(=O)(c1ccccc1)c1ccccc1. The molecule has 0 aliphatic heterocycles. The lowest BCUT2D eigenvalue weighted by molar-refractivity contribution is 0.101. The normalized spacial score (nSPS) is 9.38. The van der Waals surface area contributed by atoms with Crippen LogP contribution >= 0.6 is 0 Å². The second-order valence-electron chi connectivity index (χ2n) is 4.86. The highest BCUT2D eigenvalue weighted by molar-refractivity contribution is 7.91. The van der Waals surface area contributed by atoms with Crippen LogP contribution in [0.5, 0.6) is 0 Å². The van der Waals surface area contributed by atoms with Crippen molar-refractivity contribution in [1.82, 2.24) is 0 Å². The first kappa shape index (κ1) is 25.4. The molecule has 0 amide bonds. The van der Waals surface area contributed by atoms with E-state index in [2.05, 4.69) is 22.6 Å². The van der Waals surface area contributed by atoms with Gasteiger partial charge in [0.05, 0.1) is 9.79 Å². The Hall–Kier alpha value is -3.59. The van der Waals surface area contributed by atoms with E-state index in [4.69, 9.17) is 10.2 Å². The molecule has 0 saturated carbocycles. The monoisotopic (exact) mass is 422 g/mol. The molecule has 0 fully saturated rings.